The number of rotatable bonds is 1. The summed E-state index contributed by atoms with van der Waals surface area (Å²) in [6, 6.07) is 8.15. The number of nitrogens with zero attached hydrogens (tertiary/aromatic N) is 4. The molecule has 0 spiro atoms. The highest BCUT2D eigenvalue weighted by Gasteiger charge is 2.18. The summed E-state index contributed by atoms with van der Waals surface area (Å²) >= 11 is 2.00. The van der Waals surface area contributed by atoms with Gasteiger partial charge in [0.2, 0.25) is 0 Å². The molecule has 86 valence electrons. The Morgan fingerprint density at radius 2 is 2.18 bits per heavy atom. The highest BCUT2D eigenvalue weighted by Crippen LogP contribution is 2.28. The lowest BCUT2D eigenvalue weighted by atomic mass is 10.1. The van der Waals surface area contributed by atoms with E-state index in [1.807, 2.05) is 28.6 Å². The average Bonchev–Trinajstić information content (AvgIpc) is 2.82. The van der Waals surface area contributed by atoms with Crippen LogP contribution in [-0.4, -0.2) is 26.5 Å². The molecule has 0 atom stereocenters. The third kappa shape index (κ3) is 1.89. The second-order valence-electron chi connectivity index (χ2n) is 4.19. The molecule has 3 rings (SSSR count). The van der Waals surface area contributed by atoms with Crippen molar-refractivity contribution in [2.75, 3.05) is 11.5 Å². The number of benzene rings is 1. The van der Waals surface area contributed by atoms with Crippen LogP contribution in [0.3, 0.4) is 0 Å². The van der Waals surface area contributed by atoms with Gasteiger partial charge < -0.3 is 0 Å². The molecule has 1 aliphatic rings. The van der Waals surface area contributed by atoms with Gasteiger partial charge in [0.25, 0.3) is 0 Å². The zero-order valence-electron chi connectivity index (χ0n) is 9.33. The smallest absolute Gasteiger partial charge is 0.113 e. The zero-order chi connectivity index (χ0) is 11.7. The molecular formula is C12H12N4S. The minimum absolute atomic E-state index is 0.440. The van der Waals surface area contributed by atoms with Gasteiger partial charge in [0, 0.05) is 0 Å². The number of hydrogen-bond donors (Lipinski definition) is 0. The fraction of sp³-hybridized carbons (Fsp3) is 0.417. The summed E-state index contributed by atoms with van der Waals surface area (Å²) in [7, 11) is 0. The molecule has 0 amide bonds. The lowest BCUT2D eigenvalue weighted by molar-refractivity contribution is 0.428. The molecule has 2 aromatic rings. The van der Waals surface area contributed by atoms with Crippen molar-refractivity contribution in [1.82, 2.24) is 15.0 Å². The minimum Gasteiger partial charge on any atom is -0.241 e. The number of aromatic nitrogens is 3. The van der Waals surface area contributed by atoms with E-state index in [-0.39, 0.29) is 0 Å². The summed E-state index contributed by atoms with van der Waals surface area (Å²) in [6.07, 6.45) is 2.28. The Morgan fingerprint density at radius 1 is 1.35 bits per heavy atom. The maximum Gasteiger partial charge on any atom is 0.113 e. The van der Waals surface area contributed by atoms with Crippen molar-refractivity contribution in [2.24, 2.45) is 0 Å². The van der Waals surface area contributed by atoms with Gasteiger partial charge in [-0.25, -0.2) is 4.68 Å². The quantitative estimate of drug-likeness (QED) is 0.772. The number of hydrogen-bond acceptors (Lipinski definition) is 4. The number of thioether (sulfide) groups is 1. The lowest BCUT2D eigenvalue weighted by Gasteiger charge is -2.21. The monoisotopic (exact) mass is 244 g/mol. The van der Waals surface area contributed by atoms with Crippen LogP contribution in [0.4, 0.5) is 0 Å². The first kappa shape index (κ1) is 10.6. The fourth-order valence-electron chi connectivity index (χ4n) is 2.21. The predicted molar refractivity (Wildman–Crippen MR) is 67.8 cm³/mol. The number of fused-ring (bicyclic) bond motifs is 1. The Morgan fingerprint density at radius 3 is 2.94 bits per heavy atom. The normalized spacial score (nSPS) is 17.1. The molecule has 0 aliphatic carbocycles. The Hall–Kier alpha value is -1.54. The molecular weight excluding hydrogens is 232 g/mol. The van der Waals surface area contributed by atoms with Crippen LogP contribution in [0.1, 0.15) is 24.4 Å². The van der Waals surface area contributed by atoms with Gasteiger partial charge in [-0.3, -0.25) is 0 Å². The largest absolute Gasteiger partial charge is 0.241 e. The van der Waals surface area contributed by atoms with E-state index in [0.717, 1.165) is 23.9 Å². The van der Waals surface area contributed by atoms with Crippen LogP contribution < -0.4 is 0 Å². The third-order valence-corrected chi connectivity index (χ3v) is 4.19. The second-order valence-corrected chi connectivity index (χ2v) is 5.42. The van der Waals surface area contributed by atoms with Gasteiger partial charge in [0.05, 0.1) is 23.2 Å². The van der Waals surface area contributed by atoms with Crippen LogP contribution in [0.15, 0.2) is 18.2 Å². The highest BCUT2D eigenvalue weighted by molar-refractivity contribution is 7.99. The Kier molecular flexibility index (Phi) is 2.73. The summed E-state index contributed by atoms with van der Waals surface area (Å²) in [5.41, 5.74) is 2.54. The molecule has 0 unspecified atom stereocenters. The van der Waals surface area contributed by atoms with Gasteiger partial charge in [-0.1, -0.05) is 5.21 Å². The first-order chi connectivity index (χ1) is 8.38. The van der Waals surface area contributed by atoms with Crippen LogP contribution in [0.2, 0.25) is 0 Å². The van der Waals surface area contributed by atoms with E-state index >= 15 is 0 Å². The molecule has 1 fully saturated rings. The molecule has 2 heterocycles. The molecule has 1 aliphatic heterocycles. The maximum absolute atomic E-state index is 8.93. The van der Waals surface area contributed by atoms with Crippen LogP contribution >= 0.6 is 11.8 Å². The van der Waals surface area contributed by atoms with Gasteiger partial charge in [-0.2, -0.15) is 17.0 Å². The lowest BCUT2D eigenvalue weighted by Crippen LogP contribution is -2.16. The van der Waals surface area contributed by atoms with E-state index in [1.54, 1.807) is 6.07 Å². The third-order valence-electron chi connectivity index (χ3n) is 3.14. The van der Waals surface area contributed by atoms with Gasteiger partial charge in [0.1, 0.15) is 5.52 Å². The average molecular weight is 244 g/mol. The Labute approximate surface area is 104 Å². The Balaban J connectivity index is 2.06. The zero-order valence-corrected chi connectivity index (χ0v) is 10.2. The molecule has 1 saturated heterocycles. The van der Waals surface area contributed by atoms with Crippen molar-refractivity contribution >= 4 is 22.8 Å². The van der Waals surface area contributed by atoms with Crippen molar-refractivity contribution in [3.8, 4) is 6.07 Å². The van der Waals surface area contributed by atoms with E-state index in [0.29, 0.717) is 11.6 Å². The molecule has 5 heteroatoms. The van der Waals surface area contributed by atoms with Gasteiger partial charge in [-0.15, -0.1) is 5.10 Å². The second kappa shape index (κ2) is 4.38. The summed E-state index contributed by atoms with van der Waals surface area (Å²) in [6.45, 7) is 0. The molecule has 0 radical (unpaired) electrons. The van der Waals surface area contributed by atoms with Gasteiger partial charge >= 0.3 is 0 Å². The molecule has 0 bridgehead atoms. The van der Waals surface area contributed by atoms with E-state index in [9.17, 15) is 0 Å². The summed E-state index contributed by atoms with van der Waals surface area (Å²) in [5.74, 6) is 2.37. The van der Waals surface area contributed by atoms with Crippen molar-refractivity contribution < 1.29 is 0 Å². The van der Waals surface area contributed by atoms with E-state index in [4.69, 9.17) is 5.26 Å². The van der Waals surface area contributed by atoms with Crippen molar-refractivity contribution in [1.29, 1.82) is 5.26 Å². The summed E-state index contributed by atoms with van der Waals surface area (Å²) in [5, 5.41) is 17.3. The van der Waals surface area contributed by atoms with Gasteiger partial charge in [-0.05, 0) is 42.5 Å². The minimum atomic E-state index is 0.440. The van der Waals surface area contributed by atoms with Crippen LogP contribution in [0.5, 0.6) is 0 Å². The van der Waals surface area contributed by atoms with E-state index < -0.39 is 0 Å². The van der Waals surface area contributed by atoms with Crippen molar-refractivity contribution in [3.63, 3.8) is 0 Å². The van der Waals surface area contributed by atoms with Crippen LogP contribution in [0.25, 0.3) is 11.0 Å². The summed E-state index contributed by atoms with van der Waals surface area (Å²) in [4.78, 5) is 0. The first-order valence-corrected chi connectivity index (χ1v) is 6.87. The molecule has 1 aromatic heterocycles. The fourth-order valence-corrected chi connectivity index (χ4v) is 3.29. The molecule has 0 N–H and O–H groups in total. The van der Waals surface area contributed by atoms with Crippen LogP contribution in [0, 0.1) is 11.3 Å². The molecule has 17 heavy (non-hydrogen) atoms. The number of nitriles is 1. The van der Waals surface area contributed by atoms with Gasteiger partial charge in [0.15, 0.2) is 0 Å². The van der Waals surface area contributed by atoms with Crippen molar-refractivity contribution in [2.45, 2.75) is 18.9 Å². The molecule has 1 aromatic carbocycles. The highest BCUT2D eigenvalue weighted by atomic mass is 32.2. The topological polar surface area (TPSA) is 54.5 Å². The molecule has 4 nitrogen and oxygen atoms in total. The first-order valence-electron chi connectivity index (χ1n) is 5.71. The summed E-state index contributed by atoms with van der Waals surface area (Å²) < 4.78 is 2.00. The van der Waals surface area contributed by atoms with E-state index in [2.05, 4.69) is 16.4 Å². The predicted octanol–water partition coefficient (Wildman–Crippen LogP) is 2.37. The maximum atomic E-state index is 8.93. The standard InChI is InChI=1S/C12H12N4S/c13-8-9-1-2-11-12(7-9)16(15-14-11)10-3-5-17-6-4-10/h1-2,7,10H,3-6H2. The SMILES string of the molecule is N#Cc1ccc2nnn(C3CCSCC3)c2c1. The van der Waals surface area contributed by atoms with Crippen LogP contribution in [-0.2, 0) is 0 Å². The Bertz CT molecular complexity index is 578. The molecule has 0 saturated carbocycles. The van der Waals surface area contributed by atoms with E-state index in [1.165, 1.54) is 11.5 Å². The van der Waals surface area contributed by atoms with Crippen molar-refractivity contribution in [3.05, 3.63) is 23.8 Å².